The highest BCUT2D eigenvalue weighted by Gasteiger charge is 2.35. The molecule has 3 rings (SSSR count). The first kappa shape index (κ1) is 16.6. The van der Waals surface area contributed by atoms with Crippen LogP contribution in [0, 0.1) is 0 Å². The van der Waals surface area contributed by atoms with Gasteiger partial charge in [-0.2, -0.15) is 0 Å². The molecule has 0 aromatic heterocycles. The highest BCUT2D eigenvalue weighted by molar-refractivity contribution is 7.89. The number of sulfonamides is 1. The van der Waals surface area contributed by atoms with Gasteiger partial charge in [-0.05, 0) is 30.3 Å². The molecule has 0 fully saturated rings. The summed E-state index contributed by atoms with van der Waals surface area (Å²) in [6.07, 6.45) is 0. The summed E-state index contributed by atoms with van der Waals surface area (Å²) in [4.78, 5) is 25.6. The lowest BCUT2D eigenvalue weighted by atomic mass is 10.1. The summed E-state index contributed by atoms with van der Waals surface area (Å²) in [5.41, 5.74) is 0.508. The number of carbonyl (C=O) groups excluding carboxylic acids is 2. The van der Waals surface area contributed by atoms with Gasteiger partial charge in [-0.25, -0.2) is 13.1 Å². The van der Waals surface area contributed by atoms with Gasteiger partial charge >= 0.3 is 0 Å². The maximum absolute atomic E-state index is 12.3. The molecule has 2 amide bonds. The molecule has 6 nitrogen and oxygen atoms in total. The van der Waals surface area contributed by atoms with Crippen molar-refractivity contribution < 1.29 is 18.0 Å². The zero-order valence-electron chi connectivity index (χ0n) is 12.4. The molecule has 0 spiro atoms. The third-order valence-corrected chi connectivity index (χ3v) is 5.33. The Bertz CT molecular complexity index is 913. The Kier molecular flexibility index (Phi) is 4.40. The van der Waals surface area contributed by atoms with Crippen LogP contribution in [0.1, 0.15) is 20.7 Å². The first-order valence-electron chi connectivity index (χ1n) is 7.10. The number of carbonyl (C=O) groups is 2. The molecule has 8 heteroatoms. The lowest BCUT2D eigenvalue weighted by Gasteiger charge is -2.14. The average molecular weight is 365 g/mol. The van der Waals surface area contributed by atoms with Crippen LogP contribution in [0.25, 0.3) is 0 Å². The molecule has 1 N–H and O–H groups in total. The number of amides is 2. The third kappa shape index (κ3) is 3.06. The molecule has 1 aliphatic heterocycles. The molecule has 0 bridgehead atoms. The normalized spacial score (nSPS) is 14.1. The summed E-state index contributed by atoms with van der Waals surface area (Å²) in [5.74, 6) is -0.929. The Hall–Kier alpha value is -2.22. The fourth-order valence-corrected chi connectivity index (χ4v) is 3.66. The summed E-state index contributed by atoms with van der Waals surface area (Å²) in [6, 6.07) is 12.3. The second-order valence-corrected chi connectivity index (χ2v) is 7.37. The monoisotopic (exact) mass is 364 g/mol. The highest BCUT2D eigenvalue weighted by atomic mass is 35.5. The number of nitrogens with zero attached hydrogens (tertiary/aromatic N) is 1. The van der Waals surface area contributed by atoms with Gasteiger partial charge in [0.1, 0.15) is 0 Å². The molecule has 1 aliphatic rings. The van der Waals surface area contributed by atoms with E-state index in [-0.39, 0.29) is 29.1 Å². The molecule has 24 heavy (non-hydrogen) atoms. The molecule has 2 aromatic rings. The van der Waals surface area contributed by atoms with Gasteiger partial charge < -0.3 is 0 Å². The molecule has 0 radical (unpaired) electrons. The van der Waals surface area contributed by atoms with Gasteiger partial charge in [0.25, 0.3) is 11.8 Å². The maximum Gasteiger partial charge on any atom is 0.261 e. The molecular formula is C16H13ClN2O4S. The first-order valence-corrected chi connectivity index (χ1v) is 8.97. The van der Waals surface area contributed by atoms with E-state index in [4.69, 9.17) is 11.6 Å². The van der Waals surface area contributed by atoms with Crippen LogP contribution in [-0.4, -0.2) is 38.2 Å². The second-order valence-electron chi connectivity index (χ2n) is 5.16. The molecule has 2 aromatic carbocycles. The maximum atomic E-state index is 12.3. The molecule has 0 saturated carbocycles. The average Bonchev–Trinajstić information content (AvgIpc) is 2.80. The highest BCUT2D eigenvalue weighted by Crippen LogP contribution is 2.25. The van der Waals surface area contributed by atoms with E-state index >= 15 is 0 Å². The Labute approximate surface area is 144 Å². The molecule has 1 heterocycles. The van der Waals surface area contributed by atoms with E-state index in [0.717, 1.165) is 4.90 Å². The van der Waals surface area contributed by atoms with E-state index in [1.165, 1.54) is 30.3 Å². The number of rotatable bonds is 5. The van der Waals surface area contributed by atoms with Crippen molar-refractivity contribution in [3.05, 3.63) is 64.7 Å². The largest absolute Gasteiger partial charge is 0.273 e. The molecule has 124 valence electrons. The summed E-state index contributed by atoms with van der Waals surface area (Å²) in [7, 11) is -3.68. The number of halogens is 1. The van der Waals surface area contributed by atoms with E-state index in [1.807, 2.05) is 0 Å². The van der Waals surface area contributed by atoms with E-state index in [2.05, 4.69) is 4.72 Å². The molecule has 0 atom stereocenters. The summed E-state index contributed by atoms with van der Waals surface area (Å²) < 4.78 is 26.6. The van der Waals surface area contributed by atoms with E-state index < -0.39 is 21.8 Å². The Balaban J connectivity index is 1.68. The predicted octanol–water partition coefficient (Wildman–Crippen LogP) is 1.91. The zero-order valence-corrected chi connectivity index (χ0v) is 14.0. The number of fused-ring (bicyclic) bond motifs is 1. The Morgan fingerprint density at radius 3 is 2.33 bits per heavy atom. The fourth-order valence-electron chi connectivity index (χ4n) is 2.44. The minimum atomic E-state index is -3.68. The number of hydrogen-bond acceptors (Lipinski definition) is 4. The van der Waals surface area contributed by atoms with Gasteiger partial charge in [-0.1, -0.05) is 29.8 Å². The van der Waals surface area contributed by atoms with Gasteiger partial charge in [0, 0.05) is 18.1 Å². The van der Waals surface area contributed by atoms with Crippen molar-refractivity contribution >= 4 is 33.4 Å². The number of benzene rings is 2. The molecular weight excluding hydrogens is 352 g/mol. The van der Waals surface area contributed by atoms with Crippen molar-refractivity contribution in [1.82, 2.24) is 9.62 Å². The van der Waals surface area contributed by atoms with Gasteiger partial charge in [0.15, 0.2) is 0 Å². The van der Waals surface area contributed by atoms with Crippen molar-refractivity contribution in [2.24, 2.45) is 0 Å². The third-order valence-electron chi connectivity index (χ3n) is 3.61. The van der Waals surface area contributed by atoms with Crippen LogP contribution in [0.2, 0.25) is 5.02 Å². The summed E-state index contributed by atoms with van der Waals surface area (Å²) in [5, 5.41) is 0.363. The van der Waals surface area contributed by atoms with Crippen molar-refractivity contribution in [3.8, 4) is 0 Å². The molecule has 0 saturated heterocycles. The van der Waals surface area contributed by atoms with Gasteiger partial charge in [-0.3, -0.25) is 14.5 Å². The van der Waals surface area contributed by atoms with E-state index in [1.54, 1.807) is 18.2 Å². The Morgan fingerprint density at radius 1 is 0.958 bits per heavy atom. The predicted molar refractivity (Wildman–Crippen MR) is 88.4 cm³/mol. The van der Waals surface area contributed by atoms with Gasteiger partial charge in [-0.15, -0.1) is 0 Å². The van der Waals surface area contributed by atoms with E-state index in [9.17, 15) is 18.0 Å². The number of imide groups is 1. The van der Waals surface area contributed by atoms with Crippen LogP contribution in [-0.2, 0) is 10.0 Å². The number of hydrogen-bond donors (Lipinski definition) is 1. The van der Waals surface area contributed by atoms with Crippen LogP contribution in [0.3, 0.4) is 0 Å². The summed E-state index contributed by atoms with van der Waals surface area (Å²) in [6.45, 7) is -0.132. The SMILES string of the molecule is O=C1c2ccc(Cl)cc2C(=O)N1CCNS(=O)(=O)c1ccccc1. The van der Waals surface area contributed by atoms with E-state index in [0.29, 0.717) is 5.02 Å². The van der Waals surface area contributed by atoms with Gasteiger partial charge in [0.05, 0.1) is 16.0 Å². The van der Waals surface area contributed by atoms with Crippen molar-refractivity contribution in [3.63, 3.8) is 0 Å². The van der Waals surface area contributed by atoms with Crippen LogP contribution >= 0.6 is 11.6 Å². The van der Waals surface area contributed by atoms with Crippen molar-refractivity contribution in [2.45, 2.75) is 4.90 Å². The van der Waals surface area contributed by atoms with Gasteiger partial charge in [0.2, 0.25) is 10.0 Å². The number of nitrogens with one attached hydrogen (secondary N) is 1. The Morgan fingerprint density at radius 2 is 1.62 bits per heavy atom. The standard InChI is InChI=1S/C16H13ClN2O4S/c17-11-6-7-13-14(10-11)16(21)19(15(13)20)9-8-18-24(22,23)12-4-2-1-3-5-12/h1-7,10,18H,8-9H2. The zero-order chi connectivity index (χ0) is 17.3. The van der Waals surface area contributed by atoms with Crippen molar-refractivity contribution in [1.29, 1.82) is 0 Å². The van der Waals surface area contributed by atoms with Crippen LogP contribution < -0.4 is 4.72 Å². The smallest absolute Gasteiger partial charge is 0.261 e. The lowest BCUT2D eigenvalue weighted by molar-refractivity contribution is 0.0657. The summed E-state index contributed by atoms with van der Waals surface area (Å²) >= 11 is 5.84. The first-order chi connectivity index (χ1) is 11.4. The molecule has 0 aliphatic carbocycles. The molecule has 0 unspecified atom stereocenters. The lowest BCUT2D eigenvalue weighted by Crippen LogP contribution is -2.38. The van der Waals surface area contributed by atoms with Crippen LogP contribution in [0.4, 0.5) is 0 Å². The minimum Gasteiger partial charge on any atom is -0.273 e. The fraction of sp³-hybridized carbons (Fsp3) is 0.125. The minimum absolute atomic E-state index is 0.0595. The quantitative estimate of drug-likeness (QED) is 0.821. The second kappa shape index (κ2) is 6.35. The van der Waals surface area contributed by atoms with Crippen LogP contribution in [0.15, 0.2) is 53.4 Å². The topological polar surface area (TPSA) is 83.6 Å². The van der Waals surface area contributed by atoms with Crippen molar-refractivity contribution in [2.75, 3.05) is 13.1 Å². The van der Waals surface area contributed by atoms with Crippen LogP contribution in [0.5, 0.6) is 0 Å².